The van der Waals surface area contributed by atoms with Crippen molar-refractivity contribution in [3.05, 3.63) is 33.3 Å². The van der Waals surface area contributed by atoms with Crippen LogP contribution in [0.15, 0.2) is 22.7 Å². The normalized spacial score (nSPS) is 16.1. The lowest BCUT2D eigenvalue weighted by Gasteiger charge is -2.22. The van der Waals surface area contributed by atoms with E-state index in [1.54, 1.807) is 18.2 Å². The van der Waals surface area contributed by atoms with Crippen molar-refractivity contribution in [1.29, 1.82) is 0 Å². The Morgan fingerprint density at radius 3 is 2.90 bits per heavy atom. The van der Waals surface area contributed by atoms with Crippen LogP contribution in [-0.2, 0) is 4.74 Å². The molecule has 1 aliphatic rings. The number of ether oxygens (including phenoxy) is 1. The van der Waals surface area contributed by atoms with E-state index in [1.807, 2.05) is 0 Å². The van der Waals surface area contributed by atoms with Crippen LogP contribution in [0, 0.1) is 0 Å². The van der Waals surface area contributed by atoms with Gasteiger partial charge in [0.1, 0.15) is 0 Å². The Labute approximate surface area is 132 Å². The Kier molecular flexibility index (Phi) is 6.29. The van der Waals surface area contributed by atoms with Gasteiger partial charge in [-0.3, -0.25) is 4.79 Å². The van der Waals surface area contributed by atoms with Gasteiger partial charge in [-0.2, -0.15) is 0 Å². The van der Waals surface area contributed by atoms with Crippen molar-refractivity contribution in [3.8, 4) is 0 Å². The van der Waals surface area contributed by atoms with E-state index in [9.17, 15) is 4.79 Å². The van der Waals surface area contributed by atoms with Gasteiger partial charge in [0.05, 0.1) is 17.7 Å². The third-order valence-electron chi connectivity index (χ3n) is 3.21. The number of nitrogens with one attached hydrogen (secondary N) is 2. The van der Waals surface area contributed by atoms with Crippen LogP contribution in [-0.4, -0.2) is 38.3 Å². The molecule has 1 fully saturated rings. The SMILES string of the molecule is O=C(NCCOC1CCNCC1)c1ccc(Cl)c(Br)c1. The van der Waals surface area contributed by atoms with E-state index in [4.69, 9.17) is 16.3 Å². The van der Waals surface area contributed by atoms with E-state index in [2.05, 4.69) is 26.6 Å². The summed E-state index contributed by atoms with van der Waals surface area (Å²) < 4.78 is 6.45. The third kappa shape index (κ3) is 4.74. The molecule has 2 N–H and O–H groups in total. The summed E-state index contributed by atoms with van der Waals surface area (Å²) in [4.78, 5) is 11.9. The minimum absolute atomic E-state index is 0.115. The molecule has 0 aromatic heterocycles. The monoisotopic (exact) mass is 360 g/mol. The lowest BCUT2D eigenvalue weighted by Crippen LogP contribution is -2.34. The molecule has 0 bridgehead atoms. The van der Waals surface area contributed by atoms with Gasteiger partial charge in [0, 0.05) is 16.6 Å². The van der Waals surface area contributed by atoms with Crippen LogP contribution in [0.2, 0.25) is 5.02 Å². The molecule has 6 heteroatoms. The van der Waals surface area contributed by atoms with Crippen LogP contribution in [0.1, 0.15) is 23.2 Å². The quantitative estimate of drug-likeness (QED) is 0.793. The van der Waals surface area contributed by atoms with Gasteiger partial charge in [-0.05, 0) is 60.1 Å². The summed E-state index contributed by atoms with van der Waals surface area (Å²) in [7, 11) is 0. The molecule has 0 aliphatic carbocycles. The largest absolute Gasteiger partial charge is 0.376 e. The second-order valence-electron chi connectivity index (χ2n) is 4.70. The molecular weight excluding hydrogens is 344 g/mol. The van der Waals surface area contributed by atoms with E-state index in [0.717, 1.165) is 30.4 Å². The second-order valence-corrected chi connectivity index (χ2v) is 5.97. The predicted octanol–water partition coefficient (Wildman–Crippen LogP) is 2.60. The summed E-state index contributed by atoms with van der Waals surface area (Å²) in [5.41, 5.74) is 0.586. The minimum Gasteiger partial charge on any atom is -0.376 e. The molecule has 110 valence electrons. The van der Waals surface area contributed by atoms with Gasteiger partial charge in [-0.15, -0.1) is 0 Å². The predicted molar refractivity (Wildman–Crippen MR) is 83.3 cm³/mol. The molecule has 2 rings (SSSR count). The first kappa shape index (κ1) is 15.8. The molecule has 0 unspecified atom stereocenters. The highest BCUT2D eigenvalue weighted by Gasteiger charge is 2.13. The number of piperidine rings is 1. The number of hydrogen-bond acceptors (Lipinski definition) is 3. The smallest absolute Gasteiger partial charge is 0.251 e. The lowest BCUT2D eigenvalue weighted by molar-refractivity contribution is 0.0343. The number of carbonyl (C=O) groups is 1. The summed E-state index contributed by atoms with van der Waals surface area (Å²) in [5, 5.41) is 6.72. The number of benzene rings is 1. The topological polar surface area (TPSA) is 50.4 Å². The molecule has 20 heavy (non-hydrogen) atoms. The Balaban J connectivity index is 1.70. The summed E-state index contributed by atoms with van der Waals surface area (Å²) >= 11 is 9.20. The van der Waals surface area contributed by atoms with Crippen molar-refractivity contribution in [2.45, 2.75) is 18.9 Å². The van der Waals surface area contributed by atoms with Crippen molar-refractivity contribution in [2.75, 3.05) is 26.2 Å². The Hall–Kier alpha value is -0.620. The zero-order valence-electron chi connectivity index (χ0n) is 11.1. The molecule has 1 heterocycles. The highest BCUT2D eigenvalue weighted by atomic mass is 79.9. The fourth-order valence-electron chi connectivity index (χ4n) is 2.09. The van der Waals surface area contributed by atoms with Crippen molar-refractivity contribution >= 4 is 33.4 Å². The zero-order chi connectivity index (χ0) is 14.4. The van der Waals surface area contributed by atoms with Crippen molar-refractivity contribution < 1.29 is 9.53 Å². The summed E-state index contributed by atoms with van der Waals surface area (Å²) in [5.74, 6) is -0.115. The van der Waals surface area contributed by atoms with E-state index >= 15 is 0 Å². The van der Waals surface area contributed by atoms with Gasteiger partial charge < -0.3 is 15.4 Å². The highest BCUT2D eigenvalue weighted by Crippen LogP contribution is 2.23. The van der Waals surface area contributed by atoms with Gasteiger partial charge in [-0.1, -0.05) is 11.6 Å². The maximum absolute atomic E-state index is 11.9. The third-order valence-corrected chi connectivity index (χ3v) is 4.42. The molecule has 1 aliphatic heterocycles. The van der Waals surface area contributed by atoms with Crippen molar-refractivity contribution in [3.63, 3.8) is 0 Å². The fourth-order valence-corrected chi connectivity index (χ4v) is 2.59. The van der Waals surface area contributed by atoms with Crippen LogP contribution >= 0.6 is 27.5 Å². The zero-order valence-corrected chi connectivity index (χ0v) is 13.5. The highest BCUT2D eigenvalue weighted by molar-refractivity contribution is 9.10. The fraction of sp³-hybridized carbons (Fsp3) is 0.500. The summed E-state index contributed by atoms with van der Waals surface area (Å²) in [6, 6.07) is 5.12. The van der Waals surface area contributed by atoms with Crippen LogP contribution in [0.3, 0.4) is 0 Å². The first-order valence-electron chi connectivity index (χ1n) is 6.72. The molecule has 0 radical (unpaired) electrons. The minimum atomic E-state index is -0.115. The maximum Gasteiger partial charge on any atom is 0.251 e. The van der Waals surface area contributed by atoms with Crippen molar-refractivity contribution in [2.24, 2.45) is 0 Å². The average Bonchev–Trinajstić information content (AvgIpc) is 2.47. The molecule has 0 atom stereocenters. The number of amides is 1. The maximum atomic E-state index is 11.9. The number of rotatable bonds is 5. The molecule has 4 nitrogen and oxygen atoms in total. The molecule has 1 aromatic rings. The van der Waals surface area contributed by atoms with E-state index in [-0.39, 0.29) is 5.91 Å². The molecule has 1 saturated heterocycles. The molecule has 1 aromatic carbocycles. The first-order valence-corrected chi connectivity index (χ1v) is 7.89. The molecular formula is C14H18BrClN2O2. The van der Waals surface area contributed by atoms with Gasteiger partial charge in [0.25, 0.3) is 5.91 Å². The Morgan fingerprint density at radius 1 is 1.45 bits per heavy atom. The van der Waals surface area contributed by atoms with Gasteiger partial charge in [0.15, 0.2) is 0 Å². The Morgan fingerprint density at radius 2 is 2.20 bits per heavy atom. The van der Waals surface area contributed by atoms with Gasteiger partial charge in [-0.25, -0.2) is 0 Å². The standard InChI is InChI=1S/C14H18BrClN2O2/c15-12-9-10(1-2-13(12)16)14(19)18-7-8-20-11-3-5-17-6-4-11/h1-2,9,11,17H,3-8H2,(H,18,19). The summed E-state index contributed by atoms with van der Waals surface area (Å²) in [6.45, 7) is 3.08. The molecule has 0 saturated carbocycles. The first-order chi connectivity index (χ1) is 9.66. The van der Waals surface area contributed by atoms with Gasteiger partial charge in [0.2, 0.25) is 0 Å². The number of hydrogen-bond donors (Lipinski definition) is 2. The number of carbonyl (C=O) groups excluding carboxylic acids is 1. The van der Waals surface area contributed by atoms with E-state index in [0.29, 0.717) is 29.8 Å². The van der Waals surface area contributed by atoms with Crippen LogP contribution in [0.4, 0.5) is 0 Å². The van der Waals surface area contributed by atoms with Gasteiger partial charge >= 0.3 is 0 Å². The van der Waals surface area contributed by atoms with Crippen LogP contribution in [0.25, 0.3) is 0 Å². The van der Waals surface area contributed by atoms with Crippen LogP contribution in [0.5, 0.6) is 0 Å². The second kappa shape index (κ2) is 7.98. The van der Waals surface area contributed by atoms with Crippen LogP contribution < -0.4 is 10.6 Å². The molecule has 0 spiro atoms. The van der Waals surface area contributed by atoms with Crippen molar-refractivity contribution in [1.82, 2.24) is 10.6 Å². The Bertz CT molecular complexity index is 464. The molecule has 1 amide bonds. The van der Waals surface area contributed by atoms with E-state index < -0.39 is 0 Å². The lowest BCUT2D eigenvalue weighted by atomic mass is 10.1. The summed E-state index contributed by atoms with van der Waals surface area (Å²) in [6.07, 6.45) is 2.40. The average molecular weight is 362 g/mol. The number of halogens is 2. The van der Waals surface area contributed by atoms with E-state index in [1.165, 1.54) is 0 Å².